The molecule has 0 saturated carbocycles. The summed E-state index contributed by atoms with van der Waals surface area (Å²) in [6.07, 6.45) is 5.03. The molecule has 0 saturated heterocycles. The van der Waals surface area contributed by atoms with Crippen LogP contribution in [0.1, 0.15) is 55.7 Å². The molecule has 0 fully saturated rings. The number of carbonyl (C=O) groups excluding carboxylic acids is 1. The first-order valence-electron chi connectivity index (χ1n) is 9.54. The molecule has 2 aliphatic rings. The monoisotopic (exact) mass is 353 g/mol. The molecule has 0 spiro atoms. The summed E-state index contributed by atoms with van der Waals surface area (Å²) in [5.74, 6) is 1.16. The quantitative estimate of drug-likeness (QED) is 0.832. The van der Waals surface area contributed by atoms with Gasteiger partial charge in [-0.2, -0.15) is 5.10 Å². The number of anilines is 2. The van der Waals surface area contributed by atoms with Gasteiger partial charge in [0.2, 0.25) is 5.91 Å². The Bertz CT molecular complexity index is 854. The van der Waals surface area contributed by atoms with Gasteiger partial charge >= 0.3 is 0 Å². The van der Waals surface area contributed by atoms with Crippen LogP contribution in [0.2, 0.25) is 0 Å². The van der Waals surface area contributed by atoms with Gasteiger partial charge < -0.3 is 9.80 Å². The average Bonchev–Trinajstić information content (AvgIpc) is 3.00. The van der Waals surface area contributed by atoms with Crippen molar-refractivity contribution in [3.8, 4) is 0 Å². The second-order valence-electron chi connectivity index (χ2n) is 7.69. The topological polar surface area (TPSA) is 54.3 Å². The molecule has 4 rings (SSSR count). The lowest BCUT2D eigenvalue weighted by Gasteiger charge is -2.32. The van der Waals surface area contributed by atoms with Gasteiger partial charge in [-0.3, -0.25) is 14.5 Å². The number of aromatic nitrogens is 3. The lowest BCUT2D eigenvalue weighted by molar-refractivity contribution is -0.129. The van der Waals surface area contributed by atoms with Gasteiger partial charge in [-0.15, -0.1) is 0 Å². The second kappa shape index (κ2) is 6.41. The minimum atomic E-state index is 0.137. The molecule has 0 aliphatic carbocycles. The fourth-order valence-electron chi connectivity index (χ4n) is 4.13. The van der Waals surface area contributed by atoms with Crippen molar-refractivity contribution in [1.82, 2.24) is 19.7 Å². The molecular formula is C20H27N5O. The zero-order valence-electron chi connectivity index (χ0n) is 16.1. The van der Waals surface area contributed by atoms with Crippen molar-refractivity contribution in [3.63, 3.8) is 0 Å². The summed E-state index contributed by atoms with van der Waals surface area (Å²) in [7, 11) is 0. The van der Waals surface area contributed by atoms with Crippen LogP contribution in [0.4, 0.5) is 11.5 Å². The molecule has 0 atom stereocenters. The number of fused-ring (bicyclic) bond motifs is 2. The molecule has 0 radical (unpaired) electrons. The van der Waals surface area contributed by atoms with Crippen LogP contribution in [0, 0.1) is 6.92 Å². The van der Waals surface area contributed by atoms with E-state index in [1.54, 1.807) is 6.92 Å². The van der Waals surface area contributed by atoms with E-state index < -0.39 is 0 Å². The minimum Gasteiger partial charge on any atom is -0.338 e. The average molecular weight is 353 g/mol. The van der Waals surface area contributed by atoms with Crippen molar-refractivity contribution in [3.05, 3.63) is 34.8 Å². The zero-order valence-corrected chi connectivity index (χ0v) is 16.1. The van der Waals surface area contributed by atoms with Crippen LogP contribution >= 0.6 is 0 Å². The standard InChI is InChI=1S/C20H27N5O/c1-13(2)25-18-7-9-23(15(4)26)12-17(18)20(22-25)24-8-5-6-16-11-21-14(3)10-19(16)24/h10-11,13H,5-9,12H2,1-4H3. The Hall–Kier alpha value is -2.37. The molecule has 26 heavy (non-hydrogen) atoms. The summed E-state index contributed by atoms with van der Waals surface area (Å²) in [5.41, 5.74) is 6.03. The predicted octanol–water partition coefficient (Wildman–Crippen LogP) is 3.16. The molecule has 6 heteroatoms. The van der Waals surface area contributed by atoms with Crippen molar-refractivity contribution in [2.45, 2.75) is 59.5 Å². The number of nitrogens with zero attached hydrogens (tertiary/aromatic N) is 5. The van der Waals surface area contributed by atoms with Gasteiger partial charge in [0.05, 0.1) is 6.54 Å². The number of rotatable bonds is 2. The number of amides is 1. The first-order chi connectivity index (χ1) is 12.5. The minimum absolute atomic E-state index is 0.137. The molecule has 1 amide bonds. The van der Waals surface area contributed by atoms with E-state index in [0.717, 1.165) is 43.9 Å². The highest BCUT2D eigenvalue weighted by Crippen LogP contribution is 2.38. The van der Waals surface area contributed by atoms with Crippen LogP contribution in [0.3, 0.4) is 0 Å². The van der Waals surface area contributed by atoms with Crippen LogP contribution in [0.5, 0.6) is 0 Å². The van der Waals surface area contributed by atoms with Gasteiger partial charge in [-0.25, -0.2) is 0 Å². The van der Waals surface area contributed by atoms with E-state index >= 15 is 0 Å². The summed E-state index contributed by atoms with van der Waals surface area (Å²) in [6.45, 7) is 10.4. The third-order valence-corrected chi connectivity index (χ3v) is 5.47. The molecule has 0 aromatic carbocycles. The number of pyridine rings is 1. The summed E-state index contributed by atoms with van der Waals surface area (Å²) in [4.78, 5) is 20.7. The lowest BCUT2D eigenvalue weighted by Crippen LogP contribution is -2.35. The first-order valence-corrected chi connectivity index (χ1v) is 9.54. The van der Waals surface area contributed by atoms with Crippen molar-refractivity contribution in [1.29, 1.82) is 0 Å². The summed E-state index contributed by atoms with van der Waals surface area (Å²) in [6, 6.07) is 2.48. The van der Waals surface area contributed by atoms with Crippen molar-refractivity contribution >= 4 is 17.4 Å². The van der Waals surface area contributed by atoms with E-state index in [9.17, 15) is 4.79 Å². The molecule has 0 N–H and O–H groups in total. The van der Waals surface area contributed by atoms with Crippen LogP contribution < -0.4 is 4.90 Å². The van der Waals surface area contributed by atoms with Gasteiger partial charge in [-0.05, 0) is 45.2 Å². The molecule has 138 valence electrons. The van der Waals surface area contributed by atoms with Gasteiger partial charge in [-0.1, -0.05) is 0 Å². The molecule has 0 bridgehead atoms. The highest BCUT2D eigenvalue weighted by molar-refractivity contribution is 5.75. The summed E-state index contributed by atoms with van der Waals surface area (Å²) in [5, 5.41) is 5.02. The van der Waals surface area contributed by atoms with Crippen molar-refractivity contribution < 1.29 is 4.79 Å². The number of hydrogen-bond acceptors (Lipinski definition) is 4. The van der Waals surface area contributed by atoms with Gasteiger partial charge in [0.1, 0.15) is 0 Å². The maximum atomic E-state index is 12.0. The van der Waals surface area contributed by atoms with Crippen LogP contribution in [0.25, 0.3) is 0 Å². The van der Waals surface area contributed by atoms with E-state index in [2.05, 4.69) is 34.5 Å². The third-order valence-electron chi connectivity index (χ3n) is 5.47. The maximum Gasteiger partial charge on any atom is 0.219 e. The Kier molecular flexibility index (Phi) is 4.21. The maximum absolute atomic E-state index is 12.0. The fraction of sp³-hybridized carbons (Fsp3) is 0.550. The van der Waals surface area contributed by atoms with Crippen LogP contribution in [-0.4, -0.2) is 38.7 Å². The lowest BCUT2D eigenvalue weighted by atomic mass is 10.0. The number of carbonyl (C=O) groups is 1. The molecule has 2 aromatic heterocycles. The zero-order chi connectivity index (χ0) is 18.4. The number of aryl methyl sites for hydroxylation is 2. The Morgan fingerprint density at radius 3 is 2.77 bits per heavy atom. The molecule has 2 aliphatic heterocycles. The van der Waals surface area contributed by atoms with Crippen LogP contribution in [0.15, 0.2) is 12.3 Å². The van der Waals surface area contributed by atoms with Gasteiger partial charge in [0, 0.05) is 61.3 Å². The predicted molar refractivity (Wildman–Crippen MR) is 102 cm³/mol. The Morgan fingerprint density at radius 1 is 1.23 bits per heavy atom. The highest BCUT2D eigenvalue weighted by atomic mass is 16.2. The first kappa shape index (κ1) is 17.1. The van der Waals surface area contributed by atoms with Gasteiger partial charge in [0.15, 0.2) is 5.82 Å². The third kappa shape index (κ3) is 2.77. The Morgan fingerprint density at radius 2 is 2.04 bits per heavy atom. The largest absolute Gasteiger partial charge is 0.338 e. The highest BCUT2D eigenvalue weighted by Gasteiger charge is 2.31. The Labute approximate surface area is 154 Å². The molecule has 0 unspecified atom stereocenters. The molecule has 4 heterocycles. The van der Waals surface area contributed by atoms with E-state index in [1.807, 2.05) is 18.0 Å². The van der Waals surface area contributed by atoms with Crippen LogP contribution in [-0.2, 0) is 24.2 Å². The molecular weight excluding hydrogens is 326 g/mol. The molecule has 6 nitrogen and oxygen atoms in total. The van der Waals surface area contributed by atoms with E-state index in [4.69, 9.17) is 5.10 Å². The summed E-state index contributed by atoms with van der Waals surface area (Å²) < 4.78 is 2.16. The van der Waals surface area contributed by atoms with Gasteiger partial charge in [0.25, 0.3) is 0 Å². The normalized spacial score (nSPS) is 16.7. The van der Waals surface area contributed by atoms with E-state index in [0.29, 0.717) is 12.6 Å². The molecule has 2 aromatic rings. The second-order valence-corrected chi connectivity index (χ2v) is 7.69. The summed E-state index contributed by atoms with van der Waals surface area (Å²) >= 11 is 0. The van der Waals surface area contributed by atoms with Crippen molar-refractivity contribution in [2.75, 3.05) is 18.0 Å². The van der Waals surface area contributed by atoms with E-state index in [1.165, 1.54) is 22.5 Å². The van der Waals surface area contributed by atoms with E-state index in [-0.39, 0.29) is 5.91 Å². The Balaban J connectivity index is 1.83. The smallest absolute Gasteiger partial charge is 0.219 e. The fourth-order valence-corrected chi connectivity index (χ4v) is 4.13. The van der Waals surface area contributed by atoms with Crippen molar-refractivity contribution in [2.24, 2.45) is 0 Å². The SMILES string of the molecule is CC(=O)N1CCc2c(c(N3CCCc4cnc(C)cc43)nn2C(C)C)C1. The number of hydrogen-bond donors (Lipinski definition) is 0.